The molecule has 0 aromatic carbocycles. The molecule has 0 aliphatic carbocycles. The summed E-state index contributed by atoms with van der Waals surface area (Å²) < 4.78 is 5.94. The first kappa shape index (κ1) is 11.9. The maximum absolute atomic E-state index is 10.3. The van der Waals surface area contributed by atoms with Gasteiger partial charge >= 0.3 is 0 Å². The van der Waals surface area contributed by atoms with Crippen LogP contribution < -0.4 is 0 Å². The Balaban J connectivity index is 2.24. The molecule has 2 atom stereocenters. The number of ether oxygens (including phenoxy) is 1. The van der Waals surface area contributed by atoms with Gasteiger partial charge in [0.05, 0.1) is 17.0 Å². The van der Waals surface area contributed by atoms with Crippen LogP contribution in [-0.4, -0.2) is 18.3 Å². The maximum atomic E-state index is 10.3. The van der Waals surface area contributed by atoms with Crippen molar-refractivity contribution in [3.63, 3.8) is 0 Å². The minimum atomic E-state index is -0.813. The second kappa shape index (κ2) is 4.72. The smallest absolute Gasteiger partial charge is 0.111 e. The zero-order valence-electron chi connectivity index (χ0n) is 8.65. The topological polar surface area (TPSA) is 53.2 Å². The molecule has 0 saturated carbocycles. The lowest BCUT2D eigenvalue weighted by molar-refractivity contribution is -0.0492. The lowest BCUT2D eigenvalue weighted by Gasteiger charge is -2.34. The van der Waals surface area contributed by atoms with Crippen LogP contribution in [0.1, 0.15) is 23.8 Å². The molecule has 1 saturated heterocycles. The molecule has 1 aliphatic heterocycles. The van der Waals surface area contributed by atoms with Gasteiger partial charge in [0, 0.05) is 11.5 Å². The molecule has 2 heterocycles. The van der Waals surface area contributed by atoms with Gasteiger partial charge in [0.15, 0.2) is 0 Å². The summed E-state index contributed by atoms with van der Waals surface area (Å²) in [5.41, 5.74) is -0.813. The zero-order chi connectivity index (χ0) is 11.6. The number of thiophene rings is 1. The van der Waals surface area contributed by atoms with E-state index in [1.165, 1.54) is 11.3 Å². The molecule has 1 fully saturated rings. The van der Waals surface area contributed by atoms with Crippen molar-refractivity contribution in [3.05, 3.63) is 21.3 Å². The van der Waals surface area contributed by atoms with Crippen molar-refractivity contribution in [2.45, 2.75) is 18.9 Å². The van der Waals surface area contributed by atoms with E-state index < -0.39 is 11.5 Å². The largest absolute Gasteiger partial charge is 0.386 e. The van der Waals surface area contributed by atoms with Gasteiger partial charge in [-0.3, -0.25) is 0 Å². The fourth-order valence-corrected chi connectivity index (χ4v) is 3.09. The predicted molar refractivity (Wildman–Crippen MR) is 62.4 cm³/mol. The normalized spacial score (nSPS) is 27.3. The van der Waals surface area contributed by atoms with Crippen LogP contribution in [0.4, 0.5) is 0 Å². The summed E-state index contributed by atoms with van der Waals surface area (Å²) in [6.45, 7) is 0.960. The molecule has 86 valence electrons. The average Bonchev–Trinajstić information content (AvgIpc) is 2.76. The number of aliphatic hydroxyl groups is 1. The first-order chi connectivity index (χ1) is 7.68. The molecule has 2 rings (SSSR count). The number of hydrogen-bond donors (Lipinski definition) is 1. The summed E-state index contributed by atoms with van der Waals surface area (Å²) in [4.78, 5) is 0.733. The number of rotatable bonds is 2. The Morgan fingerprint density at radius 1 is 1.62 bits per heavy atom. The summed E-state index contributed by atoms with van der Waals surface area (Å²) in [5.74, 6) is 0. The van der Waals surface area contributed by atoms with Gasteiger partial charge in [-0.1, -0.05) is 11.6 Å². The van der Waals surface area contributed by atoms with Crippen molar-refractivity contribution in [3.8, 4) is 6.07 Å². The third-order valence-corrected chi connectivity index (χ3v) is 4.16. The van der Waals surface area contributed by atoms with Crippen LogP contribution >= 0.6 is 22.9 Å². The standard InChI is InChI=1S/C11H12ClNO2S/c12-9-3-2-8(16-9)10(14)11(6-13)4-1-5-15-7-11/h2-3,10,14H,1,4-5,7H2. The van der Waals surface area contributed by atoms with Crippen LogP contribution in [0.3, 0.4) is 0 Å². The third-order valence-electron chi connectivity index (χ3n) is 2.88. The van der Waals surface area contributed by atoms with Crippen molar-refractivity contribution in [2.24, 2.45) is 5.41 Å². The van der Waals surface area contributed by atoms with Gasteiger partial charge < -0.3 is 9.84 Å². The van der Waals surface area contributed by atoms with Gasteiger partial charge in [0.2, 0.25) is 0 Å². The molecule has 5 heteroatoms. The molecule has 1 aliphatic rings. The number of halogens is 1. The Kier molecular flexibility index (Phi) is 3.50. The number of aliphatic hydroxyl groups excluding tert-OH is 1. The molecule has 16 heavy (non-hydrogen) atoms. The number of hydrogen-bond acceptors (Lipinski definition) is 4. The Hall–Kier alpha value is -0.600. The lowest BCUT2D eigenvalue weighted by Crippen LogP contribution is -2.36. The summed E-state index contributed by atoms with van der Waals surface area (Å²) in [6, 6.07) is 5.72. The SMILES string of the molecule is N#CC1(C(O)c2ccc(Cl)s2)CCCOC1. The average molecular weight is 258 g/mol. The molecular weight excluding hydrogens is 246 g/mol. The first-order valence-corrected chi connectivity index (χ1v) is 6.30. The van der Waals surface area contributed by atoms with Crippen LogP contribution in [0, 0.1) is 16.7 Å². The molecule has 0 amide bonds. The van der Waals surface area contributed by atoms with Crippen molar-refractivity contribution in [1.29, 1.82) is 5.26 Å². The van der Waals surface area contributed by atoms with Gasteiger partial charge in [0.25, 0.3) is 0 Å². The quantitative estimate of drug-likeness (QED) is 0.886. The van der Waals surface area contributed by atoms with Gasteiger partial charge in [0.1, 0.15) is 11.5 Å². The molecule has 1 aromatic rings. The lowest BCUT2D eigenvalue weighted by atomic mass is 9.78. The highest BCUT2D eigenvalue weighted by molar-refractivity contribution is 7.16. The van der Waals surface area contributed by atoms with E-state index in [1.807, 2.05) is 0 Å². The van der Waals surface area contributed by atoms with Crippen LogP contribution in [0.2, 0.25) is 4.34 Å². The zero-order valence-corrected chi connectivity index (χ0v) is 10.2. The van der Waals surface area contributed by atoms with Crippen LogP contribution in [0.15, 0.2) is 12.1 Å². The van der Waals surface area contributed by atoms with E-state index in [0.717, 1.165) is 11.3 Å². The van der Waals surface area contributed by atoms with E-state index in [9.17, 15) is 10.4 Å². The Bertz CT molecular complexity index is 406. The Morgan fingerprint density at radius 3 is 2.94 bits per heavy atom. The highest BCUT2D eigenvalue weighted by atomic mass is 35.5. The second-order valence-corrected chi connectivity index (χ2v) is 5.72. The van der Waals surface area contributed by atoms with Crippen LogP contribution in [-0.2, 0) is 4.74 Å². The Labute approximate surface area is 103 Å². The maximum Gasteiger partial charge on any atom is 0.111 e. The van der Waals surface area contributed by atoms with Crippen molar-refractivity contribution in [1.82, 2.24) is 0 Å². The molecule has 0 radical (unpaired) electrons. The van der Waals surface area contributed by atoms with Crippen molar-refractivity contribution >= 4 is 22.9 Å². The Morgan fingerprint density at radius 2 is 2.44 bits per heavy atom. The fraction of sp³-hybridized carbons (Fsp3) is 0.545. The minimum absolute atomic E-state index is 0.292. The number of nitriles is 1. The highest BCUT2D eigenvalue weighted by Crippen LogP contribution is 2.43. The van der Waals surface area contributed by atoms with E-state index in [1.54, 1.807) is 12.1 Å². The fourth-order valence-electron chi connectivity index (χ4n) is 1.93. The predicted octanol–water partition coefficient (Wildman–Crippen LogP) is 2.76. The molecule has 1 aromatic heterocycles. The van der Waals surface area contributed by atoms with Gasteiger partial charge in [-0.2, -0.15) is 5.26 Å². The summed E-state index contributed by atoms with van der Waals surface area (Å²) in [6.07, 6.45) is 0.666. The molecule has 2 unspecified atom stereocenters. The van der Waals surface area contributed by atoms with Crippen molar-refractivity contribution in [2.75, 3.05) is 13.2 Å². The van der Waals surface area contributed by atoms with E-state index in [4.69, 9.17) is 16.3 Å². The van der Waals surface area contributed by atoms with Gasteiger partial charge in [-0.05, 0) is 25.0 Å². The van der Waals surface area contributed by atoms with Crippen LogP contribution in [0.25, 0.3) is 0 Å². The van der Waals surface area contributed by atoms with Gasteiger partial charge in [-0.25, -0.2) is 0 Å². The molecule has 0 spiro atoms. The van der Waals surface area contributed by atoms with E-state index in [-0.39, 0.29) is 0 Å². The highest BCUT2D eigenvalue weighted by Gasteiger charge is 2.41. The van der Waals surface area contributed by atoms with Crippen molar-refractivity contribution < 1.29 is 9.84 Å². The second-order valence-electron chi connectivity index (χ2n) is 3.97. The first-order valence-electron chi connectivity index (χ1n) is 5.10. The van der Waals surface area contributed by atoms with E-state index >= 15 is 0 Å². The van der Waals surface area contributed by atoms with E-state index in [2.05, 4.69) is 6.07 Å². The summed E-state index contributed by atoms with van der Waals surface area (Å²) >= 11 is 7.14. The molecule has 1 N–H and O–H groups in total. The number of nitrogens with zero attached hydrogens (tertiary/aromatic N) is 1. The van der Waals surface area contributed by atoms with Crippen LogP contribution in [0.5, 0.6) is 0 Å². The monoisotopic (exact) mass is 257 g/mol. The van der Waals surface area contributed by atoms with E-state index in [0.29, 0.717) is 24.0 Å². The third kappa shape index (κ3) is 2.09. The molecule has 3 nitrogen and oxygen atoms in total. The minimum Gasteiger partial charge on any atom is -0.386 e. The summed E-state index contributed by atoms with van der Waals surface area (Å²) in [7, 11) is 0. The molecular formula is C11H12ClNO2S. The molecule has 0 bridgehead atoms. The summed E-state index contributed by atoms with van der Waals surface area (Å²) in [5, 5.41) is 19.5. The van der Waals surface area contributed by atoms with Gasteiger partial charge in [-0.15, -0.1) is 11.3 Å².